The standard InChI is InChI=1S/C15H10ClF3N2O3/c16-12-5-4-10(15(17,18)19)7-13(12)20-8-14(22)9-2-1-3-11(6-9)21(23)24/h1-7,20H,8H2. The molecule has 0 atom stereocenters. The number of carbonyl (C=O) groups excluding carboxylic acids is 1. The van der Waals surface area contributed by atoms with Gasteiger partial charge in [-0.3, -0.25) is 14.9 Å². The predicted octanol–water partition coefficient (Wildman–Crippen LogP) is 4.56. The van der Waals surface area contributed by atoms with Crippen molar-refractivity contribution in [3.63, 3.8) is 0 Å². The monoisotopic (exact) mass is 358 g/mol. The lowest BCUT2D eigenvalue weighted by atomic mass is 10.1. The lowest BCUT2D eigenvalue weighted by molar-refractivity contribution is -0.384. The first-order chi connectivity index (χ1) is 11.2. The summed E-state index contributed by atoms with van der Waals surface area (Å²) in [7, 11) is 0. The summed E-state index contributed by atoms with van der Waals surface area (Å²) in [5, 5.41) is 13.2. The van der Waals surface area contributed by atoms with Gasteiger partial charge in [0.15, 0.2) is 5.78 Å². The van der Waals surface area contributed by atoms with E-state index >= 15 is 0 Å². The molecule has 0 aliphatic heterocycles. The van der Waals surface area contributed by atoms with E-state index in [9.17, 15) is 28.1 Å². The van der Waals surface area contributed by atoms with E-state index in [0.29, 0.717) is 0 Å². The van der Waals surface area contributed by atoms with Crippen molar-refractivity contribution in [3.8, 4) is 0 Å². The molecule has 24 heavy (non-hydrogen) atoms. The molecular formula is C15H10ClF3N2O3. The van der Waals surface area contributed by atoms with Crippen molar-refractivity contribution < 1.29 is 22.9 Å². The number of hydrogen-bond donors (Lipinski definition) is 1. The Labute approximate surface area is 139 Å². The summed E-state index contributed by atoms with van der Waals surface area (Å²) >= 11 is 5.81. The van der Waals surface area contributed by atoms with Gasteiger partial charge < -0.3 is 5.32 Å². The van der Waals surface area contributed by atoms with E-state index in [2.05, 4.69) is 5.32 Å². The van der Waals surface area contributed by atoms with Crippen LogP contribution in [0.5, 0.6) is 0 Å². The fourth-order valence-corrected chi connectivity index (χ4v) is 2.09. The highest BCUT2D eigenvalue weighted by Crippen LogP contribution is 2.33. The molecule has 2 aromatic rings. The summed E-state index contributed by atoms with van der Waals surface area (Å²) in [4.78, 5) is 22.1. The number of alkyl halides is 3. The van der Waals surface area contributed by atoms with Crippen molar-refractivity contribution in [2.24, 2.45) is 0 Å². The molecule has 5 nitrogen and oxygen atoms in total. The topological polar surface area (TPSA) is 72.2 Å². The second-order valence-electron chi connectivity index (χ2n) is 4.78. The fraction of sp³-hybridized carbons (Fsp3) is 0.133. The summed E-state index contributed by atoms with van der Waals surface area (Å²) < 4.78 is 38.0. The normalized spacial score (nSPS) is 11.2. The van der Waals surface area contributed by atoms with Gasteiger partial charge in [-0.25, -0.2) is 0 Å². The molecule has 1 N–H and O–H groups in total. The summed E-state index contributed by atoms with van der Waals surface area (Å²) in [6, 6.07) is 7.75. The number of rotatable bonds is 5. The number of hydrogen-bond acceptors (Lipinski definition) is 4. The SMILES string of the molecule is O=C(CNc1cc(C(F)(F)F)ccc1Cl)c1cccc([N+](=O)[O-])c1. The quantitative estimate of drug-likeness (QED) is 0.483. The van der Waals surface area contributed by atoms with Crippen molar-refractivity contribution in [3.05, 3.63) is 68.7 Å². The Balaban J connectivity index is 2.15. The number of non-ortho nitro benzene ring substituents is 1. The Hall–Kier alpha value is -2.61. The first-order valence-corrected chi connectivity index (χ1v) is 6.94. The van der Waals surface area contributed by atoms with Crippen LogP contribution in [0.15, 0.2) is 42.5 Å². The third kappa shape index (κ3) is 4.23. The van der Waals surface area contributed by atoms with Gasteiger partial charge in [-0.15, -0.1) is 0 Å². The minimum atomic E-state index is -4.54. The Morgan fingerprint density at radius 2 is 1.92 bits per heavy atom. The van der Waals surface area contributed by atoms with E-state index < -0.39 is 22.4 Å². The Kier molecular flexibility index (Phi) is 5.08. The van der Waals surface area contributed by atoms with Gasteiger partial charge in [0.2, 0.25) is 0 Å². The molecule has 0 amide bonds. The fourth-order valence-electron chi connectivity index (χ4n) is 1.91. The third-order valence-electron chi connectivity index (χ3n) is 3.11. The molecule has 0 saturated carbocycles. The minimum Gasteiger partial charge on any atom is -0.376 e. The number of Topliss-reactive ketones (excluding diaryl/α,β-unsaturated/α-hetero) is 1. The molecule has 0 aliphatic rings. The van der Waals surface area contributed by atoms with Crippen LogP contribution >= 0.6 is 11.6 Å². The zero-order chi connectivity index (χ0) is 17.9. The average Bonchev–Trinajstić information content (AvgIpc) is 2.52. The molecule has 126 valence electrons. The summed E-state index contributed by atoms with van der Waals surface area (Å²) in [6.07, 6.45) is -4.54. The van der Waals surface area contributed by atoms with Crippen molar-refractivity contribution in [2.75, 3.05) is 11.9 Å². The number of carbonyl (C=O) groups is 1. The van der Waals surface area contributed by atoms with Crippen LogP contribution in [0.4, 0.5) is 24.5 Å². The molecular weight excluding hydrogens is 349 g/mol. The summed E-state index contributed by atoms with van der Waals surface area (Å²) in [5.74, 6) is -0.521. The third-order valence-corrected chi connectivity index (χ3v) is 3.44. The highest BCUT2D eigenvalue weighted by molar-refractivity contribution is 6.33. The lowest BCUT2D eigenvalue weighted by Gasteiger charge is -2.12. The van der Waals surface area contributed by atoms with Crippen LogP contribution in [0, 0.1) is 10.1 Å². The Bertz CT molecular complexity index is 794. The smallest absolute Gasteiger partial charge is 0.376 e. The van der Waals surface area contributed by atoms with Gasteiger partial charge in [0, 0.05) is 17.7 Å². The number of anilines is 1. The molecule has 2 aromatic carbocycles. The van der Waals surface area contributed by atoms with Gasteiger partial charge >= 0.3 is 6.18 Å². The molecule has 0 aliphatic carbocycles. The zero-order valence-electron chi connectivity index (χ0n) is 11.9. The van der Waals surface area contributed by atoms with E-state index in [4.69, 9.17) is 11.6 Å². The molecule has 0 fully saturated rings. The van der Waals surface area contributed by atoms with Crippen molar-refractivity contribution in [1.29, 1.82) is 0 Å². The molecule has 0 radical (unpaired) electrons. The highest BCUT2D eigenvalue weighted by Gasteiger charge is 2.31. The first kappa shape index (κ1) is 17.7. The molecule has 0 bridgehead atoms. The number of nitro benzene ring substituents is 1. The van der Waals surface area contributed by atoms with Crippen molar-refractivity contribution in [1.82, 2.24) is 0 Å². The number of nitrogens with zero attached hydrogens (tertiary/aromatic N) is 1. The van der Waals surface area contributed by atoms with Crippen LogP contribution in [0.3, 0.4) is 0 Å². The van der Waals surface area contributed by atoms with Gasteiger partial charge in [0.05, 0.1) is 27.7 Å². The van der Waals surface area contributed by atoms with E-state index in [1.54, 1.807) is 0 Å². The van der Waals surface area contributed by atoms with E-state index in [-0.39, 0.29) is 28.5 Å². The minimum absolute atomic E-state index is 0.0230. The van der Waals surface area contributed by atoms with Crippen LogP contribution < -0.4 is 5.32 Å². The van der Waals surface area contributed by atoms with Crippen LogP contribution in [0.25, 0.3) is 0 Å². The molecule has 0 spiro atoms. The number of ketones is 1. The van der Waals surface area contributed by atoms with Crippen LogP contribution in [0.1, 0.15) is 15.9 Å². The summed E-state index contributed by atoms with van der Waals surface area (Å²) in [5.41, 5.74) is -1.14. The van der Waals surface area contributed by atoms with Crippen molar-refractivity contribution >= 4 is 28.8 Å². The van der Waals surface area contributed by atoms with Gasteiger partial charge in [-0.1, -0.05) is 23.7 Å². The average molecular weight is 359 g/mol. The maximum Gasteiger partial charge on any atom is 0.416 e. The van der Waals surface area contributed by atoms with Gasteiger partial charge in [-0.05, 0) is 18.2 Å². The van der Waals surface area contributed by atoms with Gasteiger partial charge in [-0.2, -0.15) is 13.2 Å². The maximum atomic E-state index is 12.7. The summed E-state index contributed by atoms with van der Waals surface area (Å²) in [6.45, 7) is -0.359. The largest absolute Gasteiger partial charge is 0.416 e. The van der Waals surface area contributed by atoms with Crippen LogP contribution in [-0.2, 0) is 6.18 Å². The van der Waals surface area contributed by atoms with Crippen LogP contribution in [-0.4, -0.2) is 17.3 Å². The number of nitro groups is 1. The highest BCUT2D eigenvalue weighted by atomic mass is 35.5. The number of benzene rings is 2. The molecule has 9 heteroatoms. The number of halogens is 4. The zero-order valence-corrected chi connectivity index (χ0v) is 12.7. The molecule has 0 aromatic heterocycles. The second kappa shape index (κ2) is 6.88. The predicted molar refractivity (Wildman–Crippen MR) is 82.4 cm³/mol. The Morgan fingerprint density at radius 3 is 2.54 bits per heavy atom. The molecule has 0 unspecified atom stereocenters. The molecule has 2 rings (SSSR count). The van der Waals surface area contributed by atoms with E-state index in [1.165, 1.54) is 18.2 Å². The van der Waals surface area contributed by atoms with Gasteiger partial charge in [0.1, 0.15) is 0 Å². The molecule has 0 heterocycles. The number of nitrogens with one attached hydrogen (secondary N) is 1. The first-order valence-electron chi connectivity index (χ1n) is 6.57. The lowest BCUT2D eigenvalue weighted by Crippen LogP contribution is -2.15. The van der Waals surface area contributed by atoms with Crippen molar-refractivity contribution in [2.45, 2.75) is 6.18 Å². The van der Waals surface area contributed by atoms with Gasteiger partial charge in [0.25, 0.3) is 5.69 Å². The maximum absolute atomic E-state index is 12.7. The molecule has 0 saturated heterocycles. The Morgan fingerprint density at radius 1 is 1.21 bits per heavy atom. The second-order valence-corrected chi connectivity index (χ2v) is 5.18. The van der Waals surface area contributed by atoms with E-state index in [1.807, 2.05) is 0 Å². The van der Waals surface area contributed by atoms with Crippen LogP contribution in [0.2, 0.25) is 5.02 Å². The van der Waals surface area contributed by atoms with E-state index in [0.717, 1.165) is 24.3 Å².